The van der Waals surface area contributed by atoms with Crippen molar-refractivity contribution in [1.82, 2.24) is 0 Å². The molecule has 0 aliphatic heterocycles. The molecule has 0 fully saturated rings. The van der Waals surface area contributed by atoms with Gasteiger partial charge in [0.25, 0.3) is 0 Å². The minimum atomic E-state index is -1.11. The summed E-state index contributed by atoms with van der Waals surface area (Å²) in [6, 6.07) is 17.9. The lowest BCUT2D eigenvalue weighted by atomic mass is 9.96. The number of carboxylic acids is 1. The number of carbonyl (C=O) groups is 2. The molecule has 0 heterocycles. The van der Waals surface area contributed by atoms with Crippen LogP contribution in [0.4, 0.5) is 10.5 Å². The summed E-state index contributed by atoms with van der Waals surface area (Å²) in [5.74, 6) is -1.68. The minimum absolute atomic E-state index is 0.0586. The van der Waals surface area contributed by atoms with Crippen molar-refractivity contribution in [3.63, 3.8) is 0 Å². The van der Waals surface area contributed by atoms with Gasteiger partial charge in [-0.2, -0.15) is 0 Å². The first-order valence-electron chi connectivity index (χ1n) is 9.20. The predicted octanol–water partition coefficient (Wildman–Crippen LogP) is 5.87. The Labute approximate surface area is 181 Å². The average Bonchev–Trinajstić information content (AvgIpc) is 2.72. The van der Waals surface area contributed by atoms with Crippen molar-refractivity contribution < 1.29 is 24.5 Å². The fourth-order valence-electron chi connectivity index (χ4n) is 3.13. The number of phenolic OH excluding ortho intramolecular Hbond substituents is 1. The van der Waals surface area contributed by atoms with E-state index >= 15 is 0 Å². The molecule has 3 N–H and O–H groups in total. The van der Waals surface area contributed by atoms with Crippen LogP contribution < -0.4 is 5.32 Å². The lowest BCUT2D eigenvalue weighted by molar-refractivity contribution is -0.131. The smallest absolute Gasteiger partial charge is 0.412 e. The van der Waals surface area contributed by atoms with E-state index in [0.29, 0.717) is 15.7 Å². The normalized spacial score (nSPS) is 13.1. The average molecular weight is 470 g/mol. The van der Waals surface area contributed by atoms with Gasteiger partial charge in [-0.05, 0) is 29.7 Å². The molecular weight excluding hydrogens is 450 g/mol. The highest BCUT2D eigenvalue weighted by molar-refractivity contribution is 9.10. The summed E-state index contributed by atoms with van der Waals surface area (Å²) in [6.07, 6.45) is 0.774. The Morgan fingerprint density at radius 1 is 1.10 bits per heavy atom. The number of aromatic hydroxyl groups is 1. The van der Waals surface area contributed by atoms with Gasteiger partial charge in [-0.25, -0.2) is 9.59 Å². The Morgan fingerprint density at radius 3 is 2.60 bits per heavy atom. The van der Waals surface area contributed by atoms with Gasteiger partial charge in [-0.3, -0.25) is 5.32 Å². The van der Waals surface area contributed by atoms with E-state index in [-0.39, 0.29) is 5.75 Å². The molecule has 3 aromatic rings. The molecule has 154 valence electrons. The van der Waals surface area contributed by atoms with Crippen LogP contribution in [0, 0.1) is 5.92 Å². The quantitative estimate of drug-likeness (QED) is 0.392. The van der Waals surface area contributed by atoms with Crippen molar-refractivity contribution >= 4 is 44.5 Å². The number of nitrogens with one attached hydrogen (secondary N) is 1. The van der Waals surface area contributed by atoms with Gasteiger partial charge in [0.05, 0.1) is 5.69 Å². The van der Waals surface area contributed by atoms with Gasteiger partial charge in [-0.1, -0.05) is 65.3 Å². The van der Waals surface area contributed by atoms with E-state index in [9.17, 15) is 14.7 Å². The Morgan fingerprint density at radius 2 is 1.83 bits per heavy atom. The van der Waals surface area contributed by atoms with E-state index in [1.165, 1.54) is 12.1 Å². The number of ether oxygens (including phenoxy) is 1. The van der Waals surface area contributed by atoms with Crippen LogP contribution >= 0.6 is 15.9 Å². The Hall–Kier alpha value is -3.32. The van der Waals surface area contributed by atoms with Crippen LogP contribution in [0.15, 0.2) is 77.3 Å². The third-order valence-corrected chi connectivity index (χ3v) is 5.07. The second-order valence-corrected chi connectivity index (χ2v) is 7.65. The van der Waals surface area contributed by atoms with Crippen molar-refractivity contribution in [2.45, 2.75) is 13.0 Å². The lowest BCUT2D eigenvalue weighted by Crippen LogP contribution is -2.21. The monoisotopic (exact) mass is 469 g/mol. The van der Waals surface area contributed by atoms with Crippen LogP contribution in [0.1, 0.15) is 18.6 Å². The molecule has 0 saturated heterocycles. The number of halogens is 1. The Balaban J connectivity index is 1.89. The van der Waals surface area contributed by atoms with Crippen molar-refractivity contribution in [2.75, 3.05) is 5.32 Å². The number of amides is 1. The molecule has 0 bridgehead atoms. The van der Waals surface area contributed by atoms with E-state index < -0.39 is 24.1 Å². The molecule has 0 unspecified atom stereocenters. The summed E-state index contributed by atoms with van der Waals surface area (Å²) in [4.78, 5) is 23.6. The van der Waals surface area contributed by atoms with E-state index in [0.717, 1.165) is 16.8 Å². The zero-order chi connectivity index (χ0) is 21.7. The lowest BCUT2D eigenvalue weighted by Gasteiger charge is -2.24. The van der Waals surface area contributed by atoms with Crippen LogP contribution in [-0.4, -0.2) is 22.3 Å². The molecule has 0 saturated carbocycles. The molecule has 0 radical (unpaired) electrons. The maximum atomic E-state index is 12.7. The van der Waals surface area contributed by atoms with Crippen LogP contribution in [0.25, 0.3) is 10.8 Å². The summed E-state index contributed by atoms with van der Waals surface area (Å²) in [5, 5.41) is 23.8. The molecule has 0 aromatic heterocycles. The summed E-state index contributed by atoms with van der Waals surface area (Å²) in [5.41, 5.74) is 0.948. The van der Waals surface area contributed by atoms with E-state index in [1.54, 1.807) is 25.1 Å². The fraction of sp³-hybridized carbons (Fsp3) is 0.130. The number of benzene rings is 3. The molecule has 1 amide bonds. The van der Waals surface area contributed by atoms with E-state index in [1.807, 2.05) is 36.4 Å². The zero-order valence-electron chi connectivity index (χ0n) is 16.1. The van der Waals surface area contributed by atoms with Gasteiger partial charge in [-0.15, -0.1) is 0 Å². The Bertz CT molecular complexity index is 1110. The fourth-order valence-corrected chi connectivity index (χ4v) is 3.51. The first kappa shape index (κ1) is 21.4. The zero-order valence-corrected chi connectivity index (χ0v) is 17.7. The highest BCUT2D eigenvalue weighted by Gasteiger charge is 2.25. The van der Waals surface area contributed by atoms with Crippen LogP contribution in [0.2, 0.25) is 0 Å². The number of carboxylic acid groups (broad SMARTS) is 1. The number of carbonyl (C=O) groups excluding carboxylic acids is 1. The number of phenols is 1. The van der Waals surface area contributed by atoms with Crippen LogP contribution in [0.5, 0.6) is 5.75 Å². The summed E-state index contributed by atoms with van der Waals surface area (Å²) < 4.78 is 6.33. The molecule has 3 aromatic carbocycles. The second kappa shape index (κ2) is 9.45. The maximum absolute atomic E-state index is 12.7. The molecule has 0 spiro atoms. The van der Waals surface area contributed by atoms with Crippen LogP contribution in [-0.2, 0) is 9.53 Å². The molecule has 3 rings (SSSR count). The molecule has 30 heavy (non-hydrogen) atoms. The van der Waals surface area contributed by atoms with Gasteiger partial charge in [0.1, 0.15) is 11.9 Å². The topological polar surface area (TPSA) is 95.9 Å². The highest BCUT2D eigenvalue weighted by atomic mass is 79.9. The number of rotatable bonds is 6. The van der Waals surface area contributed by atoms with Gasteiger partial charge in [0.15, 0.2) is 0 Å². The van der Waals surface area contributed by atoms with Crippen LogP contribution in [0.3, 0.4) is 0 Å². The van der Waals surface area contributed by atoms with Gasteiger partial charge in [0.2, 0.25) is 0 Å². The third-order valence-electron chi connectivity index (χ3n) is 4.58. The number of hydrogen-bond donors (Lipinski definition) is 3. The molecule has 0 aliphatic carbocycles. The number of anilines is 1. The predicted molar refractivity (Wildman–Crippen MR) is 119 cm³/mol. The molecular formula is C23H20BrNO5. The summed E-state index contributed by atoms with van der Waals surface area (Å²) in [6.45, 7) is 1.70. The minimum Gasteiger partial charge on any atom is -0.508 e. The summed E-state index contributed by atoms with van der Waals surface area (Å²) in [7, 11) is 0. The molecule has 0 aliphatic rings. The number of hydrogen-bond acceptors (Lipinski definition) is 4. The molecule has 6 nitrogen and oxygen atoms in total. The van der Waals surface area contributed by atoms with Gasteiger partial charge >= 0.3 is 12.1 Å². The second-order valence-electron chi connectivity index (χ2n) is 6.74. The van der Waals surface area contributed by atoms with Crippen molar-refractivity contribution in [2.24, 2.45) is 5.92 Å². The third kappa shape index (κ3) is 5.18. The van der Waals surface area contributed by atoms with E-state index in [2.05, 4.69) is 21.2 Å². The maximum Gasteiger partial charge on any atom is 0.412 e. The standard InChI is InChI=1S/C23H20BrNO5/c1-14(9-12-21(27)28)22(18-13-16(24)10-11-20(18)26)30-23(29)25-19-8-4-6-15-5-2-3-7-17(15)19/h2-14,22,26H,1H3,(H,25,29)(H,27,28)/b12-9+/t14-,22+/m0/s1. The molecule has 2 atom stereocenters. The van der Waals surface area contributed by atoms with Crippen molar-refractivity contribution in [3.8, 4) is 5.75 Å². The molecule has 7 heteroatoms. The number of fused-ring (bicyclic) bond motifs is 1. The first-order chi connectivity index (χ1) is 14.3. The van der Waals surface area contributed by atoms with Gasteiger partial charge < -0.3 is 14.9 Å². The van der Waals surface area contributed by atoms with Gasteiger partial charge in [0, 0.05) is 27.4 Å². The first-order valence-corrected chi connectivity index (χ1v) is 9.99. The van der Waals surface area contributed by atoms with Crippen molar-refractivity contribution in [3.05, 3.63) is 82.9 Å². The van der Waals surface area contributed by atoms with E-state index in [4.69, 9.17) is 9.84 Å². The SMILES string of the molecule is C[C@@H](/C=C/C(=O)O)[C@@H](OC(=O)Nc1cccc2ccccc12)c1cc(Br)ccc1O. The number of aliphatic carboxylic acids is 1. The Kier molecular flexibility index (Phi) is 6.74. The highest BCUT2D eigenvalue weighted by Crippen LogP contribution is 2.35. The summed E-state index contributed by atoms with van der Waals surface area (Å²) >= 11 is 3.34. The van der Waals surface area contributed by atoms with Crippen molar-refractivity contribution in [1.29, 1.82) is 0 Å². The largest absolute Gasteiger partial charge is 0.508 e.